The molecule has 5 rings (SSSR count). The number of carbonyl (C=O) groups is 2. The second-order valence-corrected chi connectivity index (χ2v) is 10.1. The van der Waals surface area contributed by atoms with Crippen molar-refractivity contribution in [1.29, 1.82) is 0 Å². The fourth-order valence-electron chi connectivity index (χ4n) is 5.95. The Morgan fingerprint density at radius 2 is 1.94 bits per heavy atom. The van der Waals surface area contributed by atoms with E-state index in [1.807, 2.05) is 13.0 Å². The predicted octanol–water partition coefficient (Wildman–Crippen LogP) is 4.90. The number of hydrogen-bond donors (Lipinski definition) is 1. The zero-order chi connectivity index (χ0) is 25.4. The molecule has 9 nitrogen and oxygen atoms in total. The number of imidazole rings is 1. The smallest absolute Gasteiger partial charge is 0.414 e. The zero-order valence-electron chi connectivity index (χ0n) is 21.1. The number of methoxy groups -OCH3 is 1. The minimum atomic E-state index is -0.703. The van der Waals surface area contributed by atoms with E-state index in [4.69, 9.17) is 9.72 Å². The standard InChI is InChI=1S/C27H33N5O4/c1-16(14-19-15-28-12-13-29-19)25-30-24-21-9-4-17(2)31(27(35)36-3)22(21)10-11-23(24)32(25)20-7-5-18(6-8-20)26(33)34/h10-13,15-18,20H,4-9,14H2,1-3H3,(H,33,34)/t16-,17+,18?,20?/m1/s1. The van der Waals surface area contributed by atoms with Crippen LogP contribution in [0.4, 0.5) is 10.5 Å². The van der Waals surface area contributed by atoms with Gasteiger partial charge in [-0.15, -0.1) is 0 Å². The zero-order valence-corrected chi connectivity index (χ0v) is 21.1. The van der Waals surface area contributed by atoms with Crippen LogP contribution in [0.5, 0.6) is 0 Å². The number of amides is 1. The van der Waals surface area contributed by atoms with E-state index in [2.05, 4.69) is 27.5 Å². The Labute approximate surface area is 210 Å². The van der Waals surface area contributed by atoms with Gasteiger partial charge in [-0.3, -0.25) is 19.7 Å². The maximum Gasteiger partial charge on any atom is 0.414 e. The third-order valence-electron chi connectivity index (χ3n) is 7.84. The Morgan fingerprint density at radius 3 is 2.61 bits per heavy atom. The summed E-state index contributed by atoms with van der Waals surface area (Å²) >= 11 is 0. The quantitative estimate of drug-likeness (QED) is 0.541. The van der Waals surface area contributed by atoms with Crippen LogP contribution in [0.3, 0.4) is 0 Å². The molecule has 1 aliphatic carbocycles. The fourth-order valence-corrected chi connectivity index (χ4v) is 5.95. The van der Waals surface area contributed by atoms with Crippen LogP contribution in [0.25, 0.3) is 11.0 Å². The first-order valence-electron chi connectivity index (χ1n) is 12.8. The van der Waals surface area contributed by atoms with Gasteiger partial charge in [-0.25, -0.2) is 9.78 Å². The van der Waals surface area contributed by atoms with E-state index in [1.165, 1.54) is 7.11 Å². The van der Waals surface area contributed by atoms with E-state index in [0.717, 1.165) is 59.5 Å². The first-order chi connectivity index (χ1) is 17.4. The third-order valence-corrected chi connectivity index (χ3v) is 7.84. The summed E-state index contributed by atoms with van der Waals surface area (Å²) in [5.74, 6) is 0.0814. The van der Waals surface area contributed by atoms with Crippen LogP contribution in [0.15, 0.2) is 30.7 Å². The molecule has 2 aromatic heterocycles. The summed E-state index contributed by atoms with van der Waals surface area (Å²) in [6.07, 6.45) is 10.1. The Morgan fingerprint density at radius 1 is 1.17 bits per heavy atom. The van der Waals surface area contributed by atoms with Crippen molar-refractivity contribution in [3.05, 3.63) is 47.8 Å². The van der Waals surface area contributed by atoms with Crippen molar-refractivity contribution in [1.82, 2.24) is 19.5 Å². The molecule has 3 heterocycles. The van der Waals surface area contributed by atoms with Crippen LogP contribution in [0.2, 0.25) is 0 Å². The molecule has 1 amide bonds. The van der Waals surface area contributed by atoms with Crippen molar-refractivity contribution in [3.63, 3.8) is 0 Å². The lowest BCUT2D eigenvalue weighted by atomic mass is 9.85. The lowest BCUT2D eigenvalue weighted by Crippen LogP contribution is -2.42. The predicted molar refractivity (Wildman–Crippen MR) is 135 cm³/mol. The highest BCUT2D eigenvalue weighted by atomic mass is 16.5. The fraction of sp³-hybridized carbons (Fsp3) is 0.519. The van der Waals surface area contributed by atoms with Crippen molar-refractivity contribution < 1.29 is 19.4 Å². The SMILES string of the molecule is COC(=O)N1c2ccc3c(nc([C@H](C)Cc4cnccn4)n3C3CCC(C(=O)O)CC3)c2CC[C@@H]1C. The number of carboxylic acid groups (broad SMARTS) is 1. The van der Waals surface area contributed by atoms with E-state index >= 15 is 0 Å². The molecular weight excluding hydrogens is 458 g/mol. The van der Waals surface area contributed by atoms with Crippen molar-refractivity contribution in [3.8, 4) is 0 Å². The van der Waals surface area contributed by atoms with Gasteiger partial charge in [-0.05, 0) is 57.6 Å². The van der Waals surface area contributed by atoms with Crippen molar-refractivity contribution >= 4 is 28.8 Å². The van der Waals surface area contributed by atoms with Gasteiger partial charge in [-0.1, -0.05) is 6.92 Å². The molecule has 0 bridgehead atoms. The number of anilines is 1. The van der Waals surface area contributed by atoms with E-state index < -0.39 is 5.97 Å². The molecule has 1 aliphatic heterocycles. The number of aliphatic carboxylic acids is 1. The summed E-state index contributed by atoms with van der Waals surface area (Å²) in [6, 6.07) is 4.31. The molecule has 3 aromatic rings. The number of fused-ring (bicyclic) bond motifs is 3. The molecule has 0 spiro atoms. The van der Waals surface area contributed by atoms with Crippen molar-refractivity contribution in [2.24, 2.45) is 5.92 Å². The van der Waals surface area contributed by atoms with Gasteiger partial charge in [0.2, 0.25) is 0 Å². The molecule has 2 atom stereocenters. The largest absolute Gasteiger partial charge is 0.481 e. The molecule has 2 aliphatic rings. The molecular formula is C27H33N5O4. The topological polar surface area (TPSA) is 110 Å². The van der Waals surface area contributed by atoms with E-state index in [9.17, 15) is 14.7 Å². The Kier molecular flexibility index (Phi) is 6.64. The minimum Gasteiger partial charge on any atom is -0.481 e. The highest BCUT2D eigenvalue weighted by Crippen LogP contribution is 2.41. The Balaban J connectivity index is 1.60. The summed E-state index contributed by atoms with van der Waals surface area (Å²) in [4.78, 5) is 39.8. The maximum absolute atomic E-state index is 12.6. The van der Waals surface area contributed by atoms with Crippen LogP contribution in [-0.2, 0) is 22.4 Å². The average molecular weight is 492 g/mol. The van der Waals surface area contributed by atoms with Crippen LogP contribution >= 0.6 is 0 Å². The number of rotatable bonds is 5. The molecule has 1 N–H and O–H groups in total. The Bertz CT molecular complexity index is 1270. The van der Waals surface area contributed by atoms with Crippen LogP contribution in [0.1, 0.15) is 75.0 Å². The van der Waals surface area contributed by atoms with Crippen molar-refractivity contribution in [2.45, 2.75) is 76.8 Å². The minimum absolute atomic E-state index is 0.0471. The third kappa shape index (κ3) is 4.31. The lowest BCUT2D eigenvalue weighted by Gasteiger charge is -2.34. The first-order valence-corrected chi connectivity index (χ1v) is 12.8. The average Bonchev–Trinajstić information content (AvgIpc) is 3.29. The number of carboxylic acids is 1. The van der Waals surface area contributed by atoms with Gasteiger partial charge in [0.1, 0.15) is 5.82 Å². The number of aryl methyl sites for hydroxylation is 1. The van der Waals surface area contributed by atoms with Gasteiger partial charge in [0.25, 0.3) is 0 Å². The Hall–Kier alpha value is -3.49. The van der Waals surface area contributed by atoms with Gasteiger partial charge >= 0.3 is 12.1 Å². The van der Waals surface area contributed by atoms with Crippen LogP contribution in [-0.4, -0.2) is 49.8 Å². The summed E-state index contributed by atoms with van der Waals surface area (Å²) in [6.45, 7) is 4.20. The highest BCUT2D eigenvalue weighted by Gasteiger charge is 2.34. The van der Waals surface area contributed by atoms with E-state index in [0.29, 0.717) is 19.3 Å². The molecule has 1 aromatic carbocycles. The number of aromatic nitrogens is 4. The number of nitrogens with zero attached hydrogens (tertiary/aromatic N) is 5. The molecule has 1 saturated carbocycles. The van der Waals surface area contributed by atoms with Crippen LogP contribution < -0.4 is 4.90 Å². The van der Waals surface area contributed by atoms with E-state index in [1.54, 1.807) is 23.5 Å². The first kappa shape index (κ1) is 24.2. The molecule has 0 saturated heterocycles. The summed E-state index contributed by atoms with van der Waals surface area (Å²) < 4.78 is 7.43. The van der Waals surface area contributed by atoms with Gasteiger partial charge in [0, 0.05) is 48.6 Å². The monoisotopic (exact) mass is 491 g/mol. The summed E-state index contributed by atoms with van der Waals surface area (Å²) in [5.41, 5.74) is 4.82. The number of ether oxygens (including phenoxy) is 1. The number of carbonyl (C=O) groups excluding carboxylic acids is 1. The van der Waals surface area contributed by atoms with Gasteiger partial charge in [0.05, 0.1) is 35.4 Å². The molecule has 9 heteroatoms. The maximum atomic E-state index is 12.6. The van der Waals surface area contributed by atoms with Gasteiger partial charge in [0.15, 0.2) is 0 Å². The molecule has 1 fully saturated rings. The highest BCUT2D eigenvalue weighted by molar-refractivity contribution is 5.95. The van der Waals surface area contributed by atoms with E-state index in [-0.39, 0.29) is 30.0 Å². The second kappa shape index (κ2) is 9.87. The normalized spacial score (nSPS) is 22.8. The second-order valence-electron chi connectivity index (χ2n) is 10.1. The molecule has 0 radical (unpaired) electrons. The summed E-state index contributed by atoms with van der Waals surface area (Å²) in [5, 5.41) is 9.50. The molecule has 190 valence electrons. The number of hydrogen-bond acceptors (Lipinski definition) is 6. The van der Waals surface area contributed by atoms with Crippen molar-refractivity contribution in [2.75, 3.05) is 12.0 Å². The summed E-state index contributed by atoms with van der Waals surface area (Å²) in [7, 11) is 1.41. The lowest BCUT2D eigenvalue weighted by molar-refractivity contribution is -0.143. The molecule has 36 heavy (non-hydrogen) atoms. The van der Waals surface area contributed by atoms with Crippen LogP contribution in [0, 0.1) is 5.92 Å². The molecule has 0 unspecified atom stereocenters. The van der Waals surface area contributed by atoms with Gasteiger partial charge in [-0.2, -0.15) is 0 Å². The number of benzene rings is 1. The van der Waals surface area contributed by atoms with Gasteiger partial charge < -0.3 is 14.4 Å².